The molecule has 0 rings (SSSR count). The Hall–Kier alpha value is -0.880. The fraction of sp³-hybridized carbons (Fsp3) is 0.714. The fourth-order valence-electron chi connectivity index (χ4n) is 0.935. The molecule has 0 heteroatoms. The summed E-state index contributed by atoms with van der Waals surface area (Å²) in [6.07, 6.45) is 4.33. The Kier molecular flexibility index (Phi) is 8.16. The van der Waals surface area contributed by atoms with Crippen LogP contribution in [0.5, 0.6) is 0 Å². The predicted molar refractivity (Wildman–Crippen MR) is 63.7 cm³/mol. The van der Waals surface area contributed by atoms with E-state index in [1.807, 2.05) is 0 Å². The highest BCUT2D eigenvalue weighted by Crippen LogP contribution is 2.02. The molecule has 0 aliphatic rings. The van der Waals surface area contributed by atoms with E-state index in [0.717, 1.165) is 24.7 Å². The molecule has 0 atom stereocenters. The molecule has 0 aromatic heterocycles. The Labute approximate surface area is 89.5 Å². The monoisotopic (exact) mass is 190 g/mol. The van der Waals surface area contributed by atoms with Crippen molar-refractivity contribution in [2.45, 2.75) is 53.4 Å². The van der Waals surface area contributed by atoms with Crippen molar-refractivity contribution in [3.8, 4) is 23.7 Å². The summed E-state index contributed by atoms with van der Waals surface area (Å²) >= 11 is 0. The summed E-state index contributed by atoms with van der Waals surface area (Å²) in [7, 11) is 0. The van der Waals surface area contributed by atoms with Crippen LogP contribution >= 0.6 is 0 Å². The molecule has 0 unspecified atom stereocenters. The number of hydrogen-bond donors (Lipinski definition) is 0. The number of rotatable bonds is 4. The van der Waals surface area contributed by atoms with Crippen LogP contribution in [-0.4, -0.2) is 0 Å². The van der Waals surface area contributed by atoms with E-state index in [9.17, 15) is 0 Å². The zero-order valence-corrected chi connectivity index (χ0v) is 9.98. The first kappa shape index (κ1) is 13.1. The van der Waals surface area contributed by atoms with Gasteiger partial charge in [0.15, 0.2) is 0 Å². The third-order valence-electron chi connectivity index (χ3n) is 1.93. The molecular weight excluding hydrogens is 168 g/mol. The molecule has 0 saturated heterocycles. The van der Waals surface area contributed by atoms with Gasteiger partial charge in [-0.05, 0) is 36.5 Å². The molecule has 0 spiro atoms. The molecule has 0 fully saturated rings. The first-order valence-electron chi connectivity index (χ1n) is 5.58. The molecule has 0 N–H and O–H groups in total. The quantitative estimate of drug-likeness (QED) is 0.590. The highest BCUT2D eigenvalue weighted by atomic mass is 13.9. The second kappa shape index (κ2) is 8.71. The molecule has 0 heterocycles. The maximum absolute atomic E-state index is 3.08. The van der Waals surface area contributed by atoms with Crippen LogP contribution in [0.3, 0.4) is 0 Å². The third-order valence-corrected chi connectivity index (χ3v) is 1.93. The Morgan fingerprint density at radius 1 is 0.714 bits per heavy atom. The summed E-state index contributed by atoms with van der Waals surface area (Å²) in [6, 6.07) is 0. The standard InChI is InChI=1S/C14H22/c1-13(2)11-9-7-5-6-8-10-12-14(3)4/h13-14H,9-12H2,1-4H3. The van der Waals surface area contributed by atoms with Gasteiger partial charge in [0, 0.05) is 12.8 Å². The van der Waals surface area contributed by atoms with Crippen molar-refractivity contribution in [2.24, 2.45) is 11.8 Å². The Bertz CT molecular complexity index is 209. The lowest BCUT2D eigenvalue weighted by Crippen LogP contribution is -1.84. The SMILES string of the molecule is CC(C)CCC#CC#CCCC(C)C. The van der Waals surface area contributed by atoms with E-state index in [-0.39, 0.29) is 0 Å². The van der Waals surface area contributed by atoms with Crippen LogP contribution < -0.4 is 0 Å². The first-order chi connectivity index (χ1) is 6.63. The van der Waals surface area contributed by atoms with E-state index in [0.29, 0.717) is 0 Å². The van der Waals surface area contributed by atoms with Crippen LogP contribution in [0.25, 0.3) is 0 Å². The molecule has 0 aliphatic carbocycles. The maximum Gasteiger partial charge on any atom is 0.0101 e. The van der Waals surface area contributed by atoms with E-state index in [1.165, 1.54) is 12.8 Å². The third kappa shape index (κ3) is 11.1. The minimum absolute atomic E-state index is 0.748. The summed E-state index contributed by atoms with van der Waals surface area (Å²) in [5.74, 6) is 13.5. The van der Waals surface area contributed by atoms with Crippen LogP contribution in [0, 0.1) is 35.5 Å². The van der Waals surface area contributed by atoms with Gasteiger partial charge in [-0.3, -0.25) is 0 Å². The molecular formula is C14H22. The lowest BCUT2D eigenvalue weighted by Gasteiger charge is -1.96. The summed E-state index contributed by atoms with van der Waals surface area (Å²) in [5.41, 5.74) is 0. The highest BCUT2D eigenvalue weighted by Gasteiger charge is 1.89. The minimum atomic E-state index is 0.748. The molecule has 78 valence electrons. The Balaban J connectivity index is 3.48. The van der Waals surface area contributed by atoms with E-state index in [2.05, 4.69) is 51.4 Å². The van der Waals surface area contributed by atoms with Crippen molar-refractivity contribution >= 4 is 0 Å². The fourth-order valence-corrected chi connectivity index (χ4v) is 0.935. The van der Waals surface area contributed by atoms with E-state index < -0.39 is 0 Å². The van der Waals surface area contributed by atoms with Gasteiger partial charge in [0.25, 0.3) is 0 Å². The highest BCUT2D eigenvalue weighted by molar-refractivity contribution is 5.25. The maximum atomic E-state index is 3.08. The normalized spacial score (nSPS) is 9.29. The molecule has 0 aromatic carbocycles. The molecule has 0 amide bonds. The van der Waals surface area contributed by atoms with Crippen molar-refractivity contribution in [1.29, 1.82) is 0 Å². The van der Waals surface area contributed by atoms with Crippen molar-refractivity contribution in [2.75, 3.05) is 0 Å². The lowest BCUT2D eigenvalue weighted by atomic mass is 10.1. The average molecular weight is 190 g/mol. The zero-order chi connectivity index (χ0) is 10.8. The summed E-state index contributed by atoms with van der Waals surface area (Å²) < 4.78 is 0. The van der Waals surface area contributed by atoms with E-state index >= 15 is 0 Å². The summed E-state index contributed by atoms with van der Waals surface area (Å²) in [5, 5.41) is 0. The van der Waals surface area contributed by atoms with Gasteiger partial charge in [0.05, 0.1) is 0 Å². The smallest absolute Gasteiger partial charge is 0.0101 e. The Morgan fingerprint density at radius 3 is 1.36 bits per heavy atom. The van der Waals surface area contributed by atoms with Crippen LogP contribution in [0.1, 0.15) is 53.4 Å². The molecule has 0 aliphatic heterocycles. The summed E-state index contributed by atoms with van der Waals surface area (Å²) in [4.78, 5) is 0. The first-order valence-corrected chi connectivity index (χ1v) is 5.58. The molecule has 0 radical (unpaired) electrons. The van der Waals surface area contributed by atoms with Gasteiger partial charge in [-0.2, -0.15) is 0 Å². The molecule has 14 heavy (non-hydrogen) atoms. The molecule has 0 saturated carbocycles. The van der Waals surface area contributed by atoms with Crippen molar-refractivity contribution in [1.82, 2.24) is 0 Å². The van der Waals surface area contributed by atoms with Gasteiger partial charge < -0.3 is 0 Å². The van der Waals surface area contributed by atoms with Crippen LogP contribution in [0.2, 0.25) is 0 Å². The minimum Gasteiger partial charge on any atom is -0.0891 e. The predicted octanol–water partition coefficient (Wildman–Crippen LogP) is 3.87. The van der Waals surface area contributed by atoms with Gasteiger partial charge in [-0.25, -0.2) is 0 Å². The zero-order valence-electron chi connectivity index (χ0n) is 9.98. The van der Waals surface area contributed by atoms with Gasteiger partial charge >= 0.3 is 0 Å². The van der Waals surface area contributed by atoms with E-state index in [4.69, 9.17) is 0 Å². The van der Waals surface area contributed by atoms with Gasteiger partial charge in [0.2, 0.25) is 0 Å². The molecule has 0 nitrogen and oxygen atoms in total. The average Bonchev–Trinajstić information content (AvgIpc) is 2.08. The van der Waals surface area contributed by atoms with Gasteiger partial charge in [-0.15, -0.1) is 0 Å². The van der Waals surface area contributed by atoms with Gasteiger partial charge in [0.1, 0.15) is 0 Å². The van der Waals surface area contributed by atoms with Crippen molar-refractivity contribution in [3.63, 3.8) is 0 Å². The largest absolute Gasteiger partial charge is 0.0891 e. The second-order valence-electron chi connectivity index (χ2n) is 4.47. The van der Waals surface area contributed by atoms with E-state index in [1.54, 1.807) is 0 Å². The number of hydrogen-bond acceptors (Lipinski definition) is 0. The lowest BCUT2D eigenvalue weighted by molar-refractivity contribution is 0.599. The second-order valence-corrected chi connectivity index (χ2v) is 4.47. The topological polar surface area (TPSA) is 0 Å². The van der Waals surface area contributed by atoms with Crippen LogP contribution in [-0.2, 0) is 0 Å². The Morgan fingerprint density at radius 2 is 1.07 bits per heavy atom. The van der Waals surface area contributed by atoms with Crippen molar-refractivity contribution in [3.05, 3.63) is 0 Å². The molecule has 0 bridgehead atoms. The molecule has 0 aromatic rings. The van der Waals surface area contributed by atoms with Crippen molar-refractivity contribution < 1.29 is 0 Å². The van der Waals surface area contributed by atoms with Crippen LogP contribution in [0.4, 0.5) is 0 Å². The van der Waals surface area contributed by atoms with Crippen LogP contribution in [0.15, 0.2) is 0 Å². The summed E-state index contributed by atoms with van der Waals surface area (Å²) in [6.45, 7) is 8.87. The van der Waals surface area contributed by atoms with Gasteiger partial charge in [-0.1, -0.05) is 39.5 Å².